The Morgan fingerprint density at radius 3 is 2.42 bits per heavy atom. The highest BCUT2D eigenvalue weighted by Gasteiger charge is 2.28. The summed E-state index contributed by atoms with van der Waals surface area (Å²) in [6, 6.07) is 11.5. The minimum atomic E-state index is -3.60. The lowest BCUT2D eigenvalue weighted by molar-refractivity contribution is -0.122. The van der Waals surface area contributed by atoms with Crippen LogP contribution in [-0.2, 0) is 21.4 Å². The maximum absolute atomic E-state index is 12.4. The number of hydrogen-bond donors (Lipinski definition) is 1. The number of hydrogen-bond acceptors (Lipinski definition) is 4. The van der Waals surface area contributed by atoms with Gasteiger partial charge in [-0.3, -0.25) is 14.1 Å². The van der Waals surface area contributed by atoms with Gasteiger partial charge in [-0.05, 0) is 38.1 Å². The first kappa shape index (κ1) is 17.9. The highest BCUT2D eigenvalue weighted by molar-refractivity contribution is 7.92. The number of benzene rings is 1. The van der Waals surface area contributed by atoms with Gasteiger partial charge >= 0.3 is 0 Å². The van der Waals surface area contributed by atoms with Crippen molar-refractivity contribution in [2.75, 3.05) is 10.6 Å². The molecule has 1 heterocycles. The Bertz CT molecular complexity index is 790. The molecule has 1 atom stereocenters. The Kier molecular flexibility index (Phi) is 5.56. The summed E-state index contributed by atoms with van der Waals surface area (Å²) in [6.07, 6.45) is 2.73. The van der Waals surface area contributed by atoms with Crippen molar-refractivity contribution in [1.29, 1.82) is 0 Å². The van der Waals surface area contributed by atoms with Crippen molar-refractivity contribution in [2.24, 2.45) is 0 Å². The molecule has 0 saturated carbocycles. The van der Waals surface area contributed by atoms with Crippen LogP contribution in [0.3, 0.4) is 0 Å². The van der Waals surface area contributed by atoms with E-state index in [1.54, 1.807) is 37.4 Å². The van der Waals surface area contributed by atoms with Gasteiger partial charge in [-0.2, -0.15) is 0 Å². The first-order valence-electron chi connectivity index (χ1n) is 7.53. The lowest BCUT2D eigenvalue weighted by Gasteiger charge is -2.28. The number of amides is 1. The van der Waals surface area contributed by atoms with Gasteiger partial charge in [0.1, 0.15) is 6.04 Å². The molecule has 1 aromatic heterocycles. The molecule has 2 rings (SSSR count). The van der Waals surface area contributed by atoms with Gasteiger partial charge in [0.2, 0.25) is 15.9 Å². The summed E-state index contributed by atoms with van der Waals surface area (Å²) >= 11 is 0. The van der Waals surface area contributed by atoms with Crippen LogP contribution in [0.2, 0.25) is 0 Å². The monoisotopic (exact) mass is 347 g/mol. The van der Waals surface area contributed by atoms with Crippen molar-refractivity contribution in [3.8, 4) is 0 Å². The van der Waals surface area contributed by atoms with Gasteiger partial charge in [0.25, 0.3) is 0 Å². The summed E-state index contributed by atoms with van der Waals surface area (Å²) in [7, 11) is -3.60. The molecule has 0 saturated heterocycles. The van der Waals surface area contributed by atoms with Crippen molar-refractivity contribution in [1.82, 2.24) is 10.3 Å². The van der Waals surface area contributed by atoms with Crippen LogP contribution >= 0.6 is 0 Å². The Morgan fingerprint density at radius 2 is 1.88 bits per heavy atom. The predicted molar refractivity (Wildman–Crippen MR) is 94.0 cm³/mol. The fourth-order valence-electron chi connectivity index (χ4n) is 2.33. The van der Waals surface area contributed by atoms with Crippen LogP contribution in [0.1, 0.15) is 18.2 Å². The van der Waals surface area contributed by atoms with Crippen LogP contribution in [0.25, 0.3) is 0 Å². The lowest BCUT2D eigenvalue weighted by Crippen LogP contribution is -2.47. The molecule has 0 bridgehead atoms. The molecule has 0 aliphatic heterocycles. The van der Waals surface area contributed by atoms with Gasteiger partial charge in [0, 0.05) is 6.20 Å². The number of anilines is 1. The van der Waals surface area contributed by atoms with Crippen molar-refractivity contribution < 1.29 is 13.2 Å². The van der Waals surface area contributed by atoms with E-state index in [2.05, 4.69) is 10.3 Å². The molecule has 1 N–H and O–H groups in total. The summed E-state index contributed by atoms with van der Waals surface area (Å²) in [6.45, 7) is 3.72. The summed E-state index contributed by atoms with van der Waals surface area (Å²) in [5.41, 5.74) is 2.18. The molecule has 0 spiro atoms. The van der Waals surface area contributed by atoms with E-state index < -0.39 is 16.1 Å². The Hall–Kier alpha value is -2.41. The summed E-state index contributed by atoms with van der Waals surface area (Å²) in [5, 5.41) is 2.72. The number of rotatable bonds is 6. The Morgan fingerprint density at radius 1 is 1.21 bits per heavy atom. The smallest absolute Gasteiger partial charge is 0.243 e. The van der Waals surface area contributed by atoms with Gasteiger partial charge < -0.3 is 5.32 Å². The third-order valence-electron chi connectivity index (χ3n) is 3.55. The van der Waals surface area contributed by atoms with Gasteiger partial charge in [0.05, 0.1) is 24.2 Å². The molecule has 7 heteroatoms. The van der Waals surface area contributed by atoms with Crippen LogP contribution in [-0.4, -0.2) is 31.6 Å². The fraction of sp³-hybridized carbons (Fsp3) is 0.294. The van der Waals surface area contributed by atoms with Gasteiger partial charge in [0.15, 0.2) is 0 Å². The highest BCUT2D eigenvalue weighted by atomic mass is 32.2. The normalized spacial score (nSPS) is 12.5. The summed E-state index contributed by atoms with van der Waals surface area (Å²) in [4.78, 5) is 16.5. The molecule has 24 heavy (non-hydrogen) atoms. The quantitative estimate of drug-likeness (QED) is 0.865. The number of sulfonamides is 1. The topological polar surface area (TPSA) is 79.4 Å². The molecular formula is C17H21N3O3S. The van der Waals surface area contributed by atoms with Crippen LogP contribution in [0, 0.1) is 6.92 Å². The van der Waals surface area contributed by atoms with Crippen LogP contribution in [0.5, 0.6) is 0 Å². The SMILES string of the molecule is Cc1ccc(N(C(C)C(=O)NCc2ccccn2)S(C)(=O)=O)cc1. The predicted octanol–water partition coefficient (Wildman–Crippen LogP) is 1.86. The molecule has 128 valence electrons. The largest absolute Gasteiger partial charge is 0.349 e. The van der Waals surface area contributed by atoms with Crippen molar-refractivity contribution in [2.45, 2.75) is 26.4 Å². The number of carbonyl (C=O) groups is 1. The average Bonchev–Trinajstić information content (AvgIpc) is 2.54. The fourth-order valence-corrected chi connectivity index (χ4v) is 3.50. The molecule has 1 aromatic carbocycles. The van der Waals surface area contributed by atoms with E-state index in [9.17, 15) is 13.2 Å². The average molecular weight is 347 g/mol. The number of nitrogens with zero attached hydrogens (tertiary/aromatic N) is 2. The number of pyridine rings is 1. The van der Waals surface area contributed by atoms with Gasteiger partial charge in [-0.1, -0.05) is 23.8 Å². The van der Waals surface area contributed by atoms with Gasteiger partial charge in [-0.15, -0.1) is 0 Å². The minimum Gasteiger partial charge on any atom is -0.349 e. The number of carbonyl (C=O) groups excluding carboxylic acids is 1. The molecular weight excluding hydrogens is 326 g/mol. The maximum atomic E-state index is 12.4. The standard InChI is InChI=1S/C17H21N3O3S/c1-13-7-9-16(10-8-13)20(24(3,22)23)14(2)17(21)19-12-15-6-4-5-11-18-15/h4-11,14H,12H2,1-3H3,(H,19,21). The second kappa shape index (κ2) is 7.44. The van der Waals surface area contributed by atoms with Crippen molar-refractivity contribution in [3.63, 3.8) is 0 Å². The van der Waals surface area contributed by atoms with Crippen molar-refractivity contribution >= 4 is 21.6 Å². The lowest BCUT2D eigenvalue weighted by atomic mass is 10.2. The van der Waals surface area contributed by atoms with Crippen LogP contribution in [0.15, 0.2) is 48.7 Å². The molecule has 6 nitrogen and oxygen atoms in total. The maximum Gasteiger partial charge on any atom is 0.243 e. The second-order valence-corrected chi connectivity index (χ2v) is 7.47. The zero-order valence-corrected chi connectivity index (χ0v) is 14.7. The Balaban J connectivity index is 2.17. The highest BCUT2D eigenvalue weighted by Crippen LogP contribution is 2.21. The molecule has 0 fully saturated rings. The van der Waals surface area contributed by atoms with E-state index in [-0.39, 0.29) is 12.5 Å². The molecule has 0 aliphatic rings. The number of aromatic nitrogens is 1. The molecule has 0 aliphatic carbocycles. The van der Waals surface area contributed by atoms with Crippen molar-refractivity contribution in [3.05, 3.63) is 59.9 Å². The third kappa shape index (κ3) is 4.55. The zero-order chi connectivity index (χ0) is 17.7. The van der Waals surface area contributed by atoms with Gasteiger partial charge in [-0.25, -0.2) is 8.42 Å². The first-order chi connectivity index (χ1) is 11.3. The van der Waals surface area contributed by atoms with Crippen LogP contribution < -0.4 is 9.62 Å². The summed E-state index contributed by atoms with van der Waals surface area (Å²) < 4.78 is 25.5. The third-order valence-corrected chi connectivity index (χ3v) is 4.79. The van der Waals surface area contributed by atoms with E-state index >= 15 is 0 Å². The second-order valence-electron chi connectivity index (χ2n) is 5.61. The molecule has 0 radical (unpaired) electrons. The molecule has 1 amide bonds. The van der Waals surface area contributed by atoms with E-state index in [4.69, 9.17) is 0 Å². The zero-order valence-electron chi connectivity index (χ0n) is 13.9. The van der Waals surface area contributed by atoms with Crippen LogP contribution in [0.4, 0.5) is 5.69 Å². The van der Waals surface area contributed by atoms with E-state index in [0.717, 1.165) is 16.1 Å². The minimum absolute atomic E-state index is 0.246. The number of nitrogens with one attached hydrogen (secondary N) is 1. The molecule has 1 unspecified atom stereocenters. The van der Waals surface area contributed by atoms with E-state index in [0.29, 0.717) is 11.4 Å². The molecule has 2 aromatic rings. The van der Waals surface area contributed by atoms with E-state index in [1.165, 1.54) is 0 Å². The number of aryl methyl sites for hydroxylation is 1. The van der Waals surface area contributed by atoms with E-state index in [1.807, 2.05) is 25.1 Å². The first-order valence-corrected chi connectivity index (χ1v) is 9.37. The Labute approximate surface area is 142 Å². The summed E-state index contributed by atoms with van der Waals surface area (Å²) in [5.74, 6) is -0.383.